The van der Waals surface area contributed by atoms with Gasteiger partial charge >= 0.3 is 0 Å². The third-order valence-corrected chi connectivity index (χ3v) is 6.19. The zero-order valence-electron chi connectivity index (χ0n) is 13.5. The summed E-state index contributed by atoms with van der Waals surface area (Å²) in [5, 5.41) is 0.0467. The molecule has 1 aliphatic rings. The minimum atomic E-state index is -0.814. The van der Waals surface area contributed by atoms with Gasteiger partial charge in [-0.25, -0.2) is 0 Å². The van der Waals surface area contributed by atoms with Crippen molar-refractivity contribution in [3.8, 4) is 5.75 Å². The minimum Gasteiger partial charge on any atom is -0.494 e. The van der Waals surface area contributed by atoms with E-state index in [1.54, 1.807) is 0 Å². The Bertz CT molecular complexity index is 520. The first-order valence-electron chi connectivity index (χ1n) is 7.86. The Morgan fingerprint density at radius 3 is 2.73 bits per heavy atom. The van der Waals surface area contributed by atoms with Crippen LogP contribution in [-0.2, 0) is 15.6 Å². The minimum absolute atomic E-state index is 0.0413. The molecule has 0 spiro atoms. The molecule has 1 heterocycles. The van der Waals surface area contributed by atoms with E-state index in [-0.39, 0.29) is 23.1 Å². The van der Waals surface area contributed by atoms with Crippen LogP contribution in [0.5, 0.6) is 5.75 Å². The predicted molar refractivity (Wildman–Crippen MR) is 89.4 cm³/mol. The number of hydrogen-bond acceptors (Lipinski definition) is 3. The largest absolute Gasteiger partial charge is 0.494 e. The first-order valence-corrected chi connectivity index (χ1v) is 9.24. The molecule has 0 saturated carbocycles. The van der Waals surface area contributed by atoms with E-state index in [1.165, 1.54) is 0 Å². The van der Waals surface area contributed by atoms with Crippen LogP contribution in [-0.4, -0.2) is 45.2 Å². The number of ether oxygens (including phenoxy) is 1. The Hall–Kier alpha value is -1.36. The quantitative estimate of drug-likeness (QED) is 0.836. The molecule has 5 heteroatoms. The van der Waals surface area contributed by atoms with Crippen molar-refractivity contribution in [1.29, 1.82) is 0 Å². The second-order valence-electron chi connectivity index (χ2n) is 5.91. The Morgan fingerprint density at radius 1 is 1.36 bits per heavy atom. The van der Waals surface area contributed by atoms with Crippen molar-refractivity contribution in [3.05, 3.63) is 30.3 Å². The van der Waals surface area contributed by atoms with Gasteiger partial charge in [-0.1, -0.05) is 25.1 Å². The van der Waals surface area contributed by atoms with Crippen molar-refractivity contribution in [3.63, 3.8) is 0 Å². The molecule has 1 aromatic rings. The molecule has 4 atom stereocenters. The highest BCUT2D eigenvalue weighted by atomic mass is 32.2. The summed E-state index contributed by atoms with van der Waals surface area (Å²) in [4.78, 5) is 14.5. The fourth-order valence-corrected chi connectivity index (χ4v) is 3.97. The van der Waals surface area contributed by atoms with Crippen LogP contribution in [0.2, 0.25) is 0 Å². The highest BCUT2D eigenvalue weighted by molar-refractivity contribution is 7.85. The number of nitrogens with zero attached hydrogens (tertiary/aromatic N) is 1. The maximum absolute atomic E-state index is 12.6. The number of carbonyl (C=O) groups is 1. The van der Waals surface area contributed by atoms with Gasteiger partial charge in [0.1, 0.15) is 5.75 Å². The molecule has 0 unspecified atom stereocenters. The fraction of sp³-hybridized carbons (Fsp3) is 0.588. The topological polar surface area (TPSA) is 46.6 Å². The summed E-state index contributed by atoms with van der Waals surface area (Å²) in [5.41, 5.74) is 0. The lowest BCUT2D eigenvalue weighted by atomic mass is 10.0. The monoisotopic (exact) mass is 323 g/mol. The smallest absolute Gasteiger partial charge is 0.225 e. The molecule has 2 rings (SSSR count). The number of benzene rings is 1. The standard InChI is InChI=1S/C17H25NO3S/c1-13(9-11-21-16-7-5-4-6-8-16)17(19)18-10-12-22(20)15(3)14(18)2/h4-8,13-15H,9-12H2,1-3H3/t13-,14-,15+,22-/m1/s1. The van der Waals surface area contributed by atoms with Gasteiger partial charge in [-0.15, -0.1) is 0 Å². The van der Waals surface area contributed by atoms with Crippen molar-refractivity contribution in [2.24, 2.45) is 5.92 Å². The molecule has 0 radical (unpaired) electrons. The molecule has 22 heavy (non-hydrogen) atoms. The molecule has 122 valence electrons. The van der Waals surface area contributed by atoms with E-state index in [4.69, 9.17) is 4.74 Å². The highest BCUT2D eigenvalue weighted by Gasteiger charge is 2.34. The molecular formula is C17H25NO3S. The lowest BCUT2D eigenvalue weighted by Crippen LogP contribution is -2.53. The van der Waals surface area contributed by atoms with Gasteiger partial charge in [0.25, 0.3) is 0 Å². The van der Waals surface area contributed by atoms with Crippen molar-refractivity contribution >= 4 is 16.7 Å². The number of hydrogen-bond donors (Lipinski definition) is 0. The van der Waals surface area contributed by atoms with Crippen LogP contribution in [0.3, 0.4) is 0 Å². The zero-order valence-corrected chi connectivity index (χ0v) is 14.3. The van der Waals surface area contributed by atoms with Gasteiger partial charge in [0.05, 0.1) is 11.9 Å². The van der Waals surface area contributed by atoms with Crippen LogP contribution < -0.4 is 4.74 Å². The molecule has 1 aromatic carbocycles. The summed E-state index contributed by atoms with van der Waals surface area (Å²) < 4.78 is 17.5. The average Bonchev–Trinajstić information content (AvgIpc) is 2.53. The van der Waals surface area contributed by atoms with Gasteiger partial charge in [0.15, 0.2) is 0 Å². The van der Waals surface area contributed by atoms with Gasteiger partial charge in [0.2, 0.25) is 5.91 Å². The Kier molecular flexibility index (Phi) is 6.00. The lowest BCUT2D eigenvalue weighted by Gasteiger charge is -2.38. The van der Waals surface area contributed by atoms with E-state index in [2.05, 4.69) is 0 Å². The second-order valence-corrected chi connectivity index (χ2v) is 7.83. The van der Waals surface area contributed by atoms with Crippen LogP contribution in [0, 0.1) is 5.92 Å². The van der Waals surface area contributed by atoms with Crippen molar-refractivity contribution in [2.45, 2.75) is 38.5 Å². The Labute approximate surface area is 135 Å². The third-order valence-electron chi connectivity index (χ3n) is 4.39. The van der Waals surface area contributed by atoms with Crippen molar-refractivity contribution in [1.82, 2.24) is 4.90 Å². The van der Waals surface area contributed by atoms with Gasteiger partial charge in [-0.2, -0.15) is 0 Å². The molecule has 4 nitrogen and oxygen atoms in total. The van der Waals surface area contributed by atoms with Crippen molar-refractivity contribution in [2.75, 3.05) is 18.9 Å². The third kappa shape index (κ3) is 4.09. The van der Waals surface area contributed by atoms with E-state index in [0.29, 0.717) is 25.3 Å². The number of amides is 1. The molecule has 1 saturated heterocycles. The summed E-state index contributed by atoms with van der Waals surface area (Å²) in [7, 11) is -0.814. The van der Waals surface area contributed by atoms with E-state index in [0.717, 1.165) is 5.75 Å². The molecule has 0 bridgehead atoms. The maximum Gasteiger partial charge on any atom is 0.225 e. The molecular weight excluding hydrogens is 298 g/mol. The van der Waals surface area contributed by atoms with Crippen LogP contribution >= 0.6 is 0 Å². The second kappa shape index (κ2) is 7.77. The maximum atomic E-state index is 12.6. The summed E-state index contributed by atoms with van der Waals surface area (Å²) in [5.74, 6) is 1.49. The summed E-state index contributed by atoms with van der Waals surface area (Å²) in [6.45, 7) is 7.03. The molecule has 1 fully saturated rings. The zero-order chi connectivity index (χ0) is 16.1. The van der Waals surface area contributed by atoms with E-state index >= 15 is 0 Å². The average molecular weight is 323 g/mol. The van der Waals surface area contributed by atoms with Gasteiger partial charge in [-0.3, -0.25) is 9.00 Å². The summed E-state index contributed by atoms with van der Waals surface area (Å²) in [6.07, 6.45) is 0.689. The van der Waals surface area contributed by atoms with Crippen molar-refractivity contribution < 1.29 is 13.7 Å². The number of para-hydroxylation sites is 1. The first kappa shape index (κ1) is 17.0. The van der Waals surface area contributed by atoms with Crippen LogP contribution in [0.15, 0.2) is 30.3 Å². The normalized spacial score (nSPS) is 26.5. The molecule has 0 aliphatic carbocycles. The molecule has 0 aromatic heterocycles. The Balaban J connectivity index is 1.83. The first-order chi connectivity index (χ1) is 10.5. The van der Waals surface area contributed by atoms with Crippen LogP contribution in [0.4, 0.5) is 0 Å². The Morgan fingerprint density at radius 2 is 2.05 bits per heavy atom. The van der Waals surface area contributed by atoms with Gasteiger partial charge in [-0.05, 0) is 32.4 Å². The van der Waals surface area contributed by atoms with E-state index in [1.807, 2.05) is 56.0 Å². The van der Waals surface area contributed by atoms with E-state index in [9.17, 15) is 9.00 Å². The van der Waals surface area contributed by atoms with Gasteiger partial charge in [0, 0.05) is 35.1 Å². The predicted octanol–water partition coefficient (Wildman–Crippen LogP) is 2.46. The summed E-state index contributed by atoms with van der Waals surface area (Å²) >= 11 is 0. The lowest BCUT2D eigenvalue weighted by molar-refractivity contribution is -0.137. The van der Waals surface area contributed by atoms with Gasteiger partial charge < -0.3 is 9.64 Å². The molecule has 1 amide bonds. The number of carbonyl (C=O) groups excluding carboxylic acids is 1. The van der Waals surface area contributed by atoms with Crippen LogP contribution in [0.1, 0.15) is 27.2 Å². The fourth-order valence-electron chi connectivity index (χ4n) is 2.64. The van der Waals surface area contributed by atoms with E-state index < -0.39 is 10.8 Å². The molecule has 1 aliphatic heterocycles. The van der Waals surface area contributed by atoms with Crippen LogP contribution in [0.25, 0.3) is 0 Å². The highest BCUT2D eigenvalue weighted by Crippen LogP contribution is 2.20. The number of rotatable bonds is 5. The summed E-state index contributed by atoms with van der Waals surface area (Å²) in [6, 6.07) is 9.68. The molecule has 0 N–H and O–H groups in total. The SMILES string of the molecule is C[C@H](CCOc1ccccc1)C(=O)N1CC[S@@](=O)[C@@H](C)[C@H]1C.